The van der Waals surface area contributed by atoms with Gasteiger partial charge in [-0.05, 0) is 64.8 Å². The predicted octanol–water partition coefficient (Wildman–Crippen LogP) is 4.01. The van der Waals surface area contributed by atoms with Crippen LogP contribution in [0.5, 0.6) is 0 Å². The van der Waals surface area contributed by atoms with Gasteiger partial charge in [-0.15, -0.1) is 0 Å². The van der Waals surface area contributed by atoms with Gasteiger partial charge in [-0.1, -0.05) is 11.6 Å². The van der Waals surface area contributed by atoms with Gasteiger partial charge in [0.25, 0.3) is 0 Å². The molecule has 1 aliphatic rings. The first-order valence-corrected chi connectivity index (χ1v) is 9.96. The number of benzene rings is 1. The van der Waals surface area contributed by atoms with Crippen molar-refractivity contribution in [2.24, 2.45) is 5.73 Å². The molecule has 0 saturated heterocycles. The highest BCUT2D eigenvalue weighted by molar-refractivity contribution is 6.30. The SMILES string of the molecule is Cc1cc(Cl)cc(NC2Nc3cnc(NC(C)(C)C)nc3N2CCC(C)N)c1. The summed E-state index contributed by atoms with van der Waals surface area (Å²) >= 11 is 6.22. The second-order valence-corrected chi connectivity index (χ2v) is 8.91. The number of nitrogens with zero attached hydrogens (tertiary/aromatic N) is 3. The quantitative estimate of drug-likeness (QED) is 0.579. The molecule has 3 rings (SSSR count). The molecular weight excluding hydrogens is 374 g/mol. The van der Waals surface area contributed by atoms with E-state index >= 15 is 0 Å². The molecule has 5 N–H and O–H groups in total. The molecule has 152 valence electrons. The number of halogens is 1. The Morgan fingerprint density at radius 2 is 2.07 bits per heavy atom. The number of nitrogens with one attached hydrogen (secondary N) is 3. The van der Waals surface area contributed by atoms with Gasteiger partial charge in [0, 0.05) is 28.8 Å². The normalized spacial score (nSPS) is 17.1. The van der Waals surface area contributed by atoms with Crippen molar-refractivity contribution in [1.29, 1.82) is 0 Å². The topological polar surface area (TPSA) is 91.1 Å². The molecule has 8 heteroatoms. The van der Waals surface area contributed by atoms with Crippen molar-refractivity contribution < 1.29 is 0 Å². The summed E-state index contributed by atoms with van der Waals surface area (Å²) in [6, 6.07) is 6.03. The maximum atomic E-state index is 6.22. The van der Waals surface area contributed by atoms with E-state index in [1.807, 2.05) is 32.2 Å². The van der Waals surface area contributed by atoms with Crippen LogP contribution in [0.3, 0.4) is 0 Å². The van der Waals surface area contributed by atoms with Crippen LogP contribution in [0.1, 0.15) is 39.7 Å². The zero-order chi connectivity index (χ0) is 20.5. The van der Waals surface area contributed by atoms with Crippen LogP contribution >= 0.6 is 11.6 Å². The van der Waals surface area contributed by atoms with E-state index in [1.54, 1.807) is 0 Å². The van der Waals surface area contributed by atoms with Gasteiger partial charge in [-0.2, -0.15) is 4.98 Å². The van der Waals surface area contributed by atoms with Crippen molar-refractivity contribution in [2.45, 2.75) is 58.9 Å². The number of aryl methyl sites for hydroxylation is 1. The summed E-state index contributed by atoms with van der Waals surface area (Å²) in [5, 5.41) is 11.0. The molecule has 0 radical (unpaired) electrons. The molecule has 1 aromatic heterocycles. The highest BCUT2D eigenvalue weighted by Crippen LogP contribution is 2.34. The Kier molecular flexibility index (Phi) is 5.86. The number of hydrogen-bond donors (Lipinski definition) is 4. The van der Waals surface area contributed by atoms with Crippen molar-refractivity contribution in [2.75, 3.05) is 27.4 Å². The first-order valence-electron chi connectivity index (χ1n) is 9.58. The standard InChI is InChI=1S/C20H30ClN7/c1-12-8-14(21)10-15(9-12)24-19-25-16-11-23-18(27-20(3,4)5)26-17(16)28(19)7-6-13(2)22/h8-11,13,19,24-25H,6-7,22H2,1-5H3,(H,23,26,27). The monoisotopic (exact) mass is 403 g/mol. The highest BCUT2D eigenvalue weighted by atomic mass is 35.5. The molecule has 2 heterocycles. The third-order valence-corrected chi connectivity index (χ3v) is 4.52. The number of fused-ring (bicyclic) bond motifs is 1. The van der Waals surface area contributed by atoms with Gasteiger partial charge in [0.1, 0.15) is 0 Å². The Morgan fingerprint density at radius 3 is 2.71 bits per heavy atom. The summed E-state index contributed by atoms with van der Waals surface area (Å²) in [4.78, 5) is 11.4. The summed E-state index contributed by atoms with van der Waals surface area (Å²) in [6.07, 6.45) is 2.51. The average Bonchev–Trinajstić information content (AvgIpc) is 2.86. The van der Waals surface area contributed by atoms with Gasteiger partial charge in [-0.25, -0.2) is 4.98 Å². The third-order valence-electron chi connectivity index (χ3n) is 4.30. The summed E-state index contributed by atoms with van der Waals surface area (Å²) in [5.41, 5.74) is 8.83. The van der Waals surface area contributed by atoms with E-state index in [0.29, 0.717) is 11.0 Å². The van der Waals surface area contributed by atoms with E-state index in [0.717, 1.165) is 35.7 Å². The second-order valence-electron chi connectivity index (χ2n) is 8.47. The Bertz CT molecular complexity index is 812. The first-order chi connectivity index (χ1) is 13.1. The lowest BCUT2D eigenvalue weighted by molar-refractivity contribution is 0.615. The predicted molar refractivity (Wildman–Crippen MR) is 118 cm³/mol. The van der Waals surface area contributed by atoms with Crippen LogP contribution in [0.2, 0.25) is 5.02 Å². The Labute approximate surface area is 172 Å². The molecule has 2 unspecified atom stereocenters. The molecule has 28 heavy (non-hydrogen) atoms. The van der Waals surface area contributed by atoms with Crippen LogP contribution in [0, 0.1) is 6.92 Å². The fraction of sp³-hybridized carbons (Fsp3) is 0.500. The fourth-order valence-electron chi connectivity index (χ4n) is 3.11. The highest BCUT2D eigenvalue weighted by Gasteiger charge is 2.31. The zero-order valence-corrected chi connectivity index (χ0v) is 17.9. The molecule has 1 aromatic carbocycles. The lowest BCUT2D eigenvalue weighted by atomic mass is 10.1. The number of rotatable bonds is 6. The van der Waals surface area contributed by atoms with Crippen molar-refractivity contribution in [3.05, 3.63) is 35.0 Å². The Balaban J connectivity index is 1.87. The molecular formula is C20H30ClN7. The molecule has 0 fully saturated rings. The fourth-order valence-corrected chi connectivity index (χ4v) is 3.40. The smallest absolute Gasteiger partial charge is 0.225 e. The van der Waals surface area contributed by atoms with Crippen molar-refractivity contribution in [1.82, 2.24) is 9.97 Å². The molecule has 1 aliphatic heterocycles. The Hall–Kier alpha value is -2.25. The summed E-state index contributed by atoms with van der Waals surface area (Å²) in [6.45, 7) is 11.1. The minimum absolute atomic E-state index is 0.104. The molecule has 0 spiro atoms. The van der Waals surface area contributed by atoms with Crippen molar-refractivity contribution in [3.8, 4) is 0 Å². The van der Waals surface area contributed by atoms with E-state index in [2.05, 4.69) is 52.7 Å². The molecule has 2 atom stereocenters. The molecule has 0 bridgehead atoms. The minimum atomic E-state index is -0.161. The molecule has 0 saturated carbocycles. The zero-order valence-electron chi connectivity index (χ0n) is 17.2. The van der Waals surface area contributed by atoms with Crippen LogP contribution < -0.4 is 26.6 Å². The van der Waals surface area contributed by atoms with Gasteiger partial charge >= 0.3 is 0 Å². The van der Waals surface area contributed by atoms with Gasteiger partial charge in [0.05, 0.1) is 11.9 Å². The van der Waals surface area contributed by atoms with Crippen LogP contribution in [0.25, 0.3) is 0 Å². The van der Waals surface area contributed by atoms with E-state index in [4.69, 9.17) is 22.3 Å². The van der Waals surface area contributed by atoms with E-state index < -0.39 is 0 Å². The van der Waals surface area contributed by atoms with E-state index in [9.17, 15) is 0 Å². The van der Waals surface area contributed by atoms with Crippen molar-refractivity contribution in [3.63, 3.8) is 0 Å². The van der Waals surface area contributed by atoms with Crippen LogP contribution in [0.4, 0.5) is 23.1 Å². The molecule has 0 aliphatic carbocycles. The summed E-state index contributed by atoms with van der Waals surface area (Å²) in [7, 11) is 0. The summed E-state index contributed by atoms with van der Waals surface area (Å²) in [5.74, 6) is 1.47. The lowest BCUT2D eigenvalue weighted by Crippen LogP contribution is -2.44. The second kappa shape index (κ2) is 8.01. The maximum absolute atomic E-state index is 6.22. The van der Waals surface area contributed by atoms with E-state index in [1.165, 1.54) is 0 Å². The van der Waals surface area contributed by atoms with Crippen molar-refractivity contribution >= 4 is 34.7 Å². The number of hydrogen-bond acceptors (Lipinski definition) is 7. The van der Waals surface area contributed by atoms with Crippen LogP contribution in [0.15, 0.2) is 24.4 Å². The van der Waals surface area contributed by atoms with Crippen LogP contribution in [-0.2, 0) is 0 Å². The van der Waals surface area contributed by atoms with E-state index in [-0.39, 0.29) is 17.9 Å². The first kappa shape index (κ1) is 20.5. The third kappa shape index (κ3) is 5.17. The largest absolute Gasteiger partial charge is 0.350 e. The number of anilines is 4. The molecule has 2 aromatic rings. The summed E-state index contributed by atoms with van der Waals surface area (Å²) < 4.78 is 0. The van der Waals surface area contributed by atoms with Crippen LogP contribution in [-0.4, -0.2) is 34.4 Å². The lowest BCUT2D eigenvalue weighted by Gasteiger charge is -2.28. The number of nitrogens with two attached hydrogens (primary N) is 1. The van der Waals surface area contributed by atoms with Gasteiger partial charge < -0.3 is 26.6 Å². The molecule has 0 amide bonds. The minimum Gasteiger partial charge on any atom is -0.350 e. The molecule has 7 nitrogen and oxygen atoms in total. The average molecular weight is 404 g/mol. The Morgan fingerprint density at radius 1 is 1.32 bits per heavy atom. The maximum Gasteiger partial charge on any atom is 0.225 e. The van der Waals surface area contributed by atoms with Gasteiger partial charge in [0.2, 0.25) is 5.95 Å². The van der Waals surface area contributed by atoms with Gasteiger partial charge in [-0.3, -0.25) is 0 Å². The van der Waals surface area contributed by atoms with Gasteiger partial charge in [0.15, 0.2) is 12.1 Å². The number of aromatic nitrogens is 2.